The van der Waals surface area contributed by atoms with E-state index in [1.165, 1.54) is 0 Å². The van der Waals surface area contributed by atoms with Crippen LogP contribution in [0.25, 0.3) is 0 Å². The first-order chi connectivity index (χ1) is 21.1. The Morgan fingerprint density at radius 2 is 1.36 bits per heavy atom. The average molecular weight is 633 g/mol. The van der Waals surface area contributed by atoms with Crippen LogP contribution in [0.2, 0.25) is 18.1 Å². The van der Waals surface area contributed by atoms with Gasteiger partial charge in [-0.15, -0.1) is 11.5 Å². The number of carbonyl (C=O) groups is 1. The van der Waals surface area contributed by atoms with E-state index in [4.69, 9.17) is 13.9 Å². The lowest BCUT2D eigenvalue weighted by molar-refractivity contribution is -0.145. The standard InChI is InChI=1S/C39H56O5Si/c1-11-35(44-45(9,10)39(6,7)8)30(3)23-25-36(42-27-33-18-14-12-15-19-33)31(4)26-29(2)22-24-37(32(5)38(40)41)43-28-34-20-16-13-17-21-34/h12-21,24-25,31-32,35-37H,11,26-28H2,1-10H3,(H,40,41)/t22?,23?,31-,32-,35-,36-,37+/m1/s1. The Hall–Kier alpha value is -2.95. The average Bonchev–Trinajstić information content (AvgIpc) is 2.99. The molecule has 0 amide bonds. The van der Waals surface area contributed by atoms with Crippen molar-refractivity contribution >= 4 is 14.3 Å². The van der Waals surface area contributed by atoms with Gasteiger partial charge < -0.3 is 19.0 Å². The van der Waals surface area contributed by atoms with Gasteiger partial charge in [0.05, 0.1) is 37.4 Å². The highest BCUT2D eigenvalue weighted by atomic mass is 28.4. The Kier molecular flexibility index (Phi) is 15.5. The minimum absolute atomic E-state index is 0.0147. The molecule has 0 bridgehead atoms. The zero-order valence-electron chi connectivity index (χ0n) is 29.2. The van der Waals surface area contributed by atoms with Crippen molar-refractivity contribution in [2.24, 2.45) is 11.8 Å². The first-order valence-electron chi connectivity index (χ1n) is 16.2. The van der Waals surface area contributed by atoms with Crippen molar-refractivity contribution < 1.29 is 23.8 Å². The van der Waals surface area contributed by atoms with E-state index in [1.807, 2.05) is 55.5 Å². The highest BCUT2D eigenvalue weighted by Gasteiger charge is 2.39. The van der Waals surface area contributed by atoms with Crippen LogP contribution in [0.5, 0.6) is 0 Å². The first kappa shape index (κ1) is 38.2. The van der Waals surface area contributed by atoms with E-state index in [0.29, 0.717) is 13.2 Å². The highest BCUT2D eigenvalue weighted by molar-refractivity contribution is 6.74. The molecule has 5 nitrogen and oxygen atoms in total. The molecule has 246 valence electrons. The summed E-state index contributed by atoms with van der Waals surface area (Å²) in [5.74, 6) is -1.48. The van der Waals surface area contributed by atoms with E-state index in [9.17, 15) is 9.90 Å². The largest absolute Gasteiger partial charge is 0.481 e. The SMILES string of the molecule is CC[C@@H](O[Si](C)(C)C(C)(C)C)C(C)=C=C[C@@H](OCc1ccccc1)[C@H](C)CC(C)=C=C[C@H](OCc1ccccc1)[C@@H](C)C(=O)O. The molecule has 0 unspecified atom stereocenters. The zero-order valence-corrected chi connectivity index (χ0v) is 30.2. The fraction of sp³-hybridized carbons (Fsp3) is 0.513. The van der Waals surface area contributed by atoms with Crippen LogP contribution in [0.4, 0.5) is 0 Å². The maximum atomic E-state index is 11.8. The molecular weight excluding hydrogens is 577 g/mol. The van der Waals surface area contributed by atoms with Crippen molar-refractivity contribution in [2.45, 2.75) is 118 Å². The van der Waals surface area contributed by atoms with Crippen molar-refractivity contribution in [1.29, 1.82) is 0 Å². The summed E-state index contributed by atoms with van der Waals surface area (Å²) >= 11 is 0. The predicted molar refractivity (Wildman–Crippen MR) is 188 cm³/mol. The highest BCUT2D eigenvalue weighted by Crippen LogP contribution is 2.38. The summed E-state index contributed by atoms with van der Waals surface area (Å²) in [5, 5.41) is 9.81. The molecule has 0 aromatic heterocycles. The van der Waals surface area contributed by atoms with Crippen LogP contribution in [-0.4, -0.2) is 37.7 Å². The quantitative estimate of drug-likeness (QED) is 0.139. The maximum absolute atomic E-state index is 11.8. The Morgan fingerprint density at radius 1 is 0.867 bits per heavy atom. The summed E-state index contributed by atoms with van der Waals surface area (Å²) in [6.45, 7) is 22.3. The Morgan fingerprint density at radius 3 is 1.82 bits per heavy atom. The van der Waals surface area contributed by atoms with Crippen LogP contribution in [0.1, 0.15) is 79.4 Å². The predicted octanol–water partition coefficient (Wildman–Crippen LogP) is 9.91. The van der Waals surface area contributed by atoms with E-state index in [1.54, 1.807) is 13.0 Å². The van der Waals surface area contributed by atoms with Gasteiger partial charge in [-0.2, -0.15) is 0 Å². The van der Waals surface area contributed by atoms with Gasteiger partial charge >= 0.3 is 5.97 Å². The molecule has 0 aliphatic carbocycles. The van der Waals surface area contributed by atoms with Crippen molar-refractivity contribution in [1.82, 2.24) is 0 Å². The summed E-state index contributed by atoms with van der Waals surface area (Å²) in [6.07, 6.45) is 4.64. The van der Waals surface area contributed by atoms with E-state index in [-0.39, 0.29) is 23.2 Å². The number of ether oxygens (including phenoxy) is 2. The van der Waals surface area contributed by atoms with Crippen molar-refractivity contribution in [3.8, 4) is 0 Å². The molecule has 2 aromatic rings. The molecular formula is C39H56O5Si. The molecule has 2 aromatic carbocycles. The topological polar surface area (TPSA) is 65.0 Å². The molecule has 2 rings (SSSR count). The molecule has 0 aliphatic heterocycles. The van der Waals surface area contributed by atoms with Gasteiger partial charge in [0.25, 0.3) is 0 Å². The number of rotatable bonds is 17. The number of aliphatic carboxylic acids is 1. The molecule has 0 saturated carbocycles. The van der Waals surface area contributed by atoms with E-state index in [2.05, 4.69) is 84.3 Å². The molecule has 0 saturated heterocycles. The summed E-state index contributed by atoms with van der Waals surface area (Å²) in [4.78, 5) is 11.8. The number of carboxylic acids is 1. The van der Waals surface area contributed by atoms with Crippen molar-refractivity contribution in [3.63, 3.8) is 0 Å². The number of hydrogen-bond acceptors (Lipinski definition) is 4. The molecule has 45 heavy (non-hydrogen) atoms. The Labute approximate surface area is 273 Å². The molecule has 0 aliphatic rings. The normalized spacial score (nSPS) is 15.1. The molecule has 5 atom stereocenters. The summed E-state index contributed by atoms with van der Waals surface area (Å²) in [6, 6.07) is 20.0. The van der Waals surface area contributed by atoms with Crippen molar-refractivity contribution in [2.75, 3.05) is 0 Å². The third kappa shape index (κ3) is 13.1. The van der Waals surface area contributed by atoms with Crippen LogP contribution in [-0.2, 0) is 31.9 Å². The smallest absolute Gasteiger partial charge is 0.309 e. The van der Waals surface area contributed by atoms with Crippen LogP contribution < -0.4 is 0 Å². The lowest BCUT2D eigenvalue weighted by Crippen LogP contribution is -2.44. The molecule has 1 N–H and O–H groups in total. The second kappa shape index (κ2) is 18.3. The fourth-order valence-electron chi connectivity index (χ4n) is 4.59. The van der Waals surface area contributed by atoms with Gasteiger partial charge in [-0.3, -0.25) is 4.79 Å². The Balaban J connectivity index is 2.30. The van der Waals surface area contributed by atoms with E-state index < -0.39 is 26.3 Å². The van der Waals surface area contributed by atoms with E-state index >= 15 is 0 Å². The van der Waals surface area contributed by atoms with Gasteiger partial charge in [-0.05, 0) is 92.1 Å². The van der Waals surface area contributed by atoms with Crippen LogP contribution in [0.15, 0.2) is 95.4 Å². The second-order valence-corrected chi connectivity index (χ2v) is 18.4. The molecule has 0 radical (unpaired) electrons. The molecule has 6 heteroatoms. The van der Waals surface area contributed by atoms with Gasteiger partial charge in [0.15, 0.2) is 8.32 Å². The maximum Gasteiger partial charge on any atom is 0.309 e. The lowest BCUT2D eigenvalue weighted by Gasteiger charge is -2.39. The second-order valence-electron chi connectivity index (χ2n) is 13.7. The van der Waals surface area contributed by atoms with Gasteiger partial charge in [-0.25, -0.2) is 0 Å². The number of benzene rings is 2. The minimum Gasteiger partial charge on any atom is -0.481 e. The minimum atomic E-state index is -1.94. The summed E-state index contributed by atoms with van der Waals surface area (Å²) < 4.78 is 19.3. The Bertz CT molecular complexity index is 1310. The monoisotopic (exact) mass is 632 g/mol. The number of hydrogen-bond donors (Lipinski definition) is 1. The van der Waals surface area contributed by atoms with Crippen LogP contribution in [0.3, 0.4) is 0 Å². The van der Waals surface area contributed by atoms with E-state index in [0.717, 1.165) is 35.1 Å². The van der Waals surface area contributed by atoms with Crippen LogP contribution in [0, 0.1) is 11.8 Å². The van der Waals surface area contributed by atoms with Crippen LogP contribution >= 0.6 is 0 Å². The third-order valence-corrected chi connectivity index (χ3v) is 13.2. The number of carboxylic acid groups (broad SMARTS) is 1. The lowest BCUT2D eigenvalue weighted by atomic mass is 9.95. The summed E-state index contributed by atoms with van der Waals surface area (Å²) in [5.41, 5.74) is 11.1. The van der Waals surface area contributed by atoms with Gasteiger partial charge in [0.1, 0.15) is 0 Å². The zero-order chi connectivity index (χ0) is 33.6. The summed E-state index contributed by atoms with van der Waals surface area (Å²) in [7, 11) is -1.94. The molecule has 0 spiro atoms. The first-order valence-corrected chi connectivity index (χ1v) is 19.1. The fourth-order valence-corrected chi connectivity index (χ4v) is 5.99. The van der Waals surface area contributed by atoms with Gasteiger partial charge in [-0.1, -0.05) is 95.3 Å². The van der Waals surface area contributed by atoms with Gasteiger partial charge in [0.2, 0.25) is 0 Å². The van der Waals surface area contributed by atoms with Crippen molar-refractivity contribution in [3.05, 3.63) is 107 Å². The molecule has 0 fully saturated rings. The van der Waals surface area contributed by atoms with Gasteiger partial charge in [0, 0.05) is 0 Å². The third-order valence-electron chi connectivity index (χ3n) is 8.71. The molecule has 0 heterocycles.